The number of rotatable bonds is 5. The zero-order valence-electron chi connectivity index (χ0n) is 17.5. The van der Waals surface area contributed by atoms with Crippen LogP contribution < -0.4 is 16.0 Å². The molecule has 0 aromatic heterocycles. The van der Waals surface area contributed by atoms with Gasteiger partial charge in [-0.3, -0.25) is 14.9 Å². The minimum atomic E-state index is -0.532. The predicted molar refractivity (Wildman–Crippen MR) is 127 cm³/mol. The second kappa shape index (κ2) is 10.3. The minimum absolute atomic E-state index is 0.0927. The lowest BCUT2D eigenvalue weighted by Gasteiger charge is -2.11. The number of carbonyl (C=O) groups excluding carboxylic acids is 3. The number of aryl methyl sites for hydroxylation is 1. The molecule has 0 aliphatic carbocycles. The van der Waals surface area contributed by atoms with Crippen molar-refractivity contribution in [3.8, 4) is 0 Å². The molecule has 0 radical (unpaired) electrons. The van der Waals surface area contributed by atoms with E-state index in [4.69, 9.17) is 12.2 Å². The molecule has 0 aliphatic rings. The molecule has 0 bridgehead atoms. The van der Waals surface area contributed by atoms with Crippen LogP contribution in [0.1, 0.15) is 36.6 Å². The van der Waals surface area contributed by atoms with Crippen LogP contribution in [0, 0.1) is 6.92 Å². The first-order chi connectivity index (χ1) is 15.4. The van der Waals surface area contributed by atoms with E-state index in [0.29, 0.717) is 16.9 Å². The average molecular weight is 448 g/mol. The van der Waals surface area contributed by atoms with Crippen LogP contribution in [0.2, 0.25) is 0 Å². The Labute approximate surface area is 190 Å². The Morgan fingerprint density at radius 3 is 2.06 bits per heavy atom. The summed E-state index contributed by atoms with van der Waals surface area (Å²) in [6.45, 7) is 1.88. The molecule has 3 aromatic rings. The van der Waals surface area contributed by atoms with Gasteiger partial charge in [0.25, 0.3) is 11.8 Å². The van der Waals surface area contributed by atoms with Crippen LogP contribution >= 0.6 is 12.2 Å². The number of hydrogen-bond acceptors (Lipinski definition) is 5. The van der Waals surface area contributed by atoms with E-state index >= 15 is 0 Å². The summed E-state index contributed by atoms with van der Waals surface area (Å²) in [5.41, 5.74) is 3.29. The molecule has 0 saturated carbocycles. The number of carbonyl (C=O) groups is 3. The first-order valence-corrected chi connectivity index (χ1v) is 10.1. The van der Waals surface area contributed by atoms with Gasteiger partial charge in [-0.1, -0.05) is 24.3 Å². The lowest BCUT2D eigenvalue weighted by Crippen LogP contribution is -2.34. The zero-order valence-corrected chi connectivity index (χ0v) is 18.3. The lowest BCUT2D eigenvalue weighted by molar-refractivity contribution is 0.0600. The zero-order chi connectivity index (χ0) is 23.1. The van der Waals surface area contributed by atoms with Crippen molar-refractivity contribution < 1.29 is 19.1 Å². The van der Waals surface area contributed by atoms with Gasteiger partial charge in [0.05, 0.1) is 12.7 Å². The van der Waals surface area contributed by atoms with Gasteiger partial charge in [-0.25, -0.2) is 4.79 Å². The maximum absolute atomic E-state index is 12.4. The Hall–Kier alpha value is -4.04. The summed E-state index contributed by atoms with van der Waals surface area (Å²) in [5.74, 6) is -1.19. The van der Waals surface area contributed by atoms with Crippen LogP contribution in [0.15, 0.2) is 72.8 Å². The average Bonchev–Trinajstić information content (AvgIpc) is 2.80. The highest BCUT2D eigenvalue weighted by atomic mass is 32.1. The fourth-order valence-electron chi connectivity index (χ4n) is 2.91. The van der Waals surface area contributed by atoms with E-state index in [1.807, 2.05) is 25.1 Å². The molecule has 0 spiro atoms. The maximum atomic E-state index is 12.4. The van der Waals surface area contributed by atoms with Crippen molar-refractivity contribution in [2.45, 2.75) is 6.92 Å². The van der Waals surface area contributed by atoms with E-state index in [9.17, 15) is 14.4 Å². The quantitative estimate of drug-likeness (QED) is 0.401. The summed E-state index contributed by atoms with van der Waals surface area (Å²) in [6, 6.07) is 20.4. The van der Waals surface area contributed by atoms with Crippen molar-refractivity contribution in [3.05, 3.63) is 95.1 Å². The van der Waals surface area contributed by atoms with Crippen LogP contribution in [0.3, 0.4) is 0 Å². The Morgan fingerprint density at radius 2 is 1.41 bits per heavy atom. The van der Waals surface area contributed by atoms with E-state index in [0.717, 1.165) is 5.56 Å². The monoisotopic (exact) mass is 447 g/mol. The highest BCUT2D eigenvalue weighted by Crippen LogP contribution is 2.16. The van der Waals surface area contributed by atoms with Gasteiger partial charge in [-0.15, -0.1) is 0 Å². The first kappa shape index (κ1) is 22.6. The molecule has 32 heavy (non-hydrogen) atoms. The number of esters is 1. The van der Waals surface area contributed by atoms with Gasteiger partial charge in [-0.05, 0) is 73.2 Å². The van der Waals surface area contributed by atoms with E-state index in [1.54, 1.807) is 48.5 Å². The van der Waals surface area contributed by atoms with E-state index in [-0.39, 0.29) is 22.1 Å². The van der Waals surface area contributed by atoms with Crippen molar-refractivity contribution >= 4 is 46.5 Å². The largest absolute Gasteiger partial charge is 0.465 e. The van der Waals surface area contributed by atoms with Crippen LogP contribution in [0.5, 0.6) is 0 Å². The van der Waals surface area contributed by atoms with Gasteiger partial charge in [0.1, 0.15) is 0 Å². The highest BCUT2D eigenvalue weighted by molar-refractivity contribution is 7.80. The van der Waals surface area contributed by atoms with Gasteiger partial charge < -0.3 is 15.4 Å². The van der Waals surface area contributed by atoms with E-state index in [2.05, 4.69) is 20.7 Å². The third kappa shape index (κ3) is 5.77. The Balaban J connectivity index is 1.58. The number of hydrogen-bond donors (Lipinski definition) is 3. The van der Waals surface area contributed by atoms with Crippen molar-refractivity contribution in [1.29, 1.82) is 0 Å². The van der Waals surface area contributed by atoms with Gasteiger partial charge >= 0.3 is 5.97 Å². The van der Waals surface area contributed by atoms with Gasteiger partial charge in [0.15, 0.2) is 5.11 Å². The number of nitrogens with one attached hydrogen (secondary N) is 3. The van der Waals surface area contributed by atoms with E-state index in [1.165, 1.54) is 13.2 Å². The van der Waals surface area contributed by atoms with Crippen LogP contribution in [-0.4, -0.2) is 30.0 Å². The van der Waals surface area contributed by atoms with Gasteiger partial charge in [-0.2, -0.15) is 0 Å². The smallest absolute Gasteiger partial charge is 0.337 e. The fourth-order valence-corrected chi connectivity index (χ4v) is 3.12. The van der Waals surface area contributed by atoms with Crippen molar-refractivity contribution in [3.63, 3.8) is 0 Å². The number of anilines is 2. The van der Waals surface area contributed by atoms with Crippen molar-refractivity contribution in [2.75, 3.05) is 17.7 Å². The molecule has 0 heterocycles. The van der Waals surface area contributed by atoms with Gasteiger partial charge in [0, 0.05) is 22.5 Å². The fraction of sp³-hybridized carbons (Fsp3) is 0.0833. The normalized spacial score (nSPS) is 10.1. The number of methoxy groups -OCH3 is 1. The van der Waals surface area contributed by atoms with Crippen LogP contribution in [0.4, 0.5) is 11.4 Å². The SMILES string of the molecule is COC(=O)c1cccc(C(=O)NC(=S)Nc2ccc(NC(=O)c3ccccc3C)cc2)c1. The lowest BCUT2D eigenvalue weighted by atomic mass is 10.1. The molecular weight excluding hydrogens is 426 g/mol. The summed E-state index contributed by atoms with van der Waals surface area (Å²) in [7, 11) is 1.27. The first-order valence-electron chi connectivity index (χ1n) is 9.65. The summed E-state index contributed by atoms with van der Waals surface area (Å²) >= 11 is 5.20. The topological polar surface area (TPSA) is 96.5 Å². The molecular formula is C24H21N3O4S. The molecule has 3 rings (SSSR count). The second-order valence-electron chi connectivity index (χ2n) is 6.83. The summed E-state index contributed by atoms with van der Waals surface area (Å²) in [5, 5.41) is 8.41. The van der Waals surface area contributed by atoms with Crippen LogP contribution in [0.25, 0.3) is 0 Å². The number of thiocarbonyl (C=S) groups is 1. The standard InChI is InChI=1S/C24H21N3O4S/c1-15-6-3-4-9-20(15)22(29)25-18-10-12-19(13-11-18)26-24(32)27-21(28)16-7-5-8-17(14-16)23(30)31-2/h3-14H,1-2H3,(H,25,29)(H2,26,27,28,32). The molecule has 0 atom stereocenters. The maximum Gasteiger partial charge on any atom is 0.337 e. The van der Waals surface area contributed by atoms with E-state index < -0.39 is 11.9 Å². The summed E-state index contributed by atoms with van der Waals surface area (Å²) < 4.78 is 4.66. The second-order valence-corrected chi connectivity index (χ2v) is 7.24. The Kier molecular flexibility index (Phi) is 7.30. The Morgan fingerprint density at radius 1 is 0.781 bits per heavy atom. The third-order valence-corrected chi connectivity index (χ3v) is 4.77. The van der Waals surface area contributed by atoms with Crippen molar-refractivity contribution in [1.82, 2.24) is 5.32 Å². The number of amides is 2. The molecule has 3 N–H and O–H groups in total. The molecule has 162 valence electrons. The third-order valence-electron chi connectivity index (χ3n) is 4.56. The molecule has 0 unspecified atom stereocenters. The van der Waals surface area contributed by atoms with Crippen molar-refractivity contribution in [2.24, 2.45) is 0 Å². The summed E-state index contributed by atoms with van der Waals surface area (Å²) in [4.78, 5) is 36.4. The molecule has 2 amide bonds. The number of ether oxygens (including phenoxy) is 1. The molecule has 3 aromatic carbocycles. The predicted octanol–water partition coefficient (Wildman–Crippen LogP) is 4.16. The molecule has 7 nitrogen and oxygen atoms in total. The molecule has 0 fully saturated rings. The highest BCUT2D eigenvalue weighted by Gasteiger charge is 2.12. The van der Waals surface area contributed by atoms with Gasteiger partial charge in [0.2, 0.25) is 0 Å². The molecule has 0 aliphatic heterocycles. The molecule has 0 saturated heterocycles. The summed E-state index contributed by atoms with van der Waals surface area (Å²) in [6.07, 6.45) is 0. The number of benzene rings is 3. The minimum Gasteiger partial charge on any atom is -0.465 e. The molecule has 8 heteroatoms. The van der Waals surface area contributed by atoms with Crippen LogP contribution in [-0.2, 0) is 4.74 Å². The Bertz CT molecular complexity index is 1180.